The number of aromatic nitrogens is 2. The van der Waals surface area contributed by atoms with E-state index < -0.39 is 6.10 Å². The number of nitrogens with one attached hydrogen (secondary N) is 1. The van der Waals surface area contributed by atoms with Crippen molar-refractivity contribution in [2.24, 2.45) is 0 Å². The van der Waals surface area contributed by atoms with Crippen LogP contribution in [0, 0.1) is 13.8 Å². The molecule has 28 heavy (non-hydrogen) atoms. The van der Waals surface area contributed by atoms with Gasteiger partial charge < -0.3 is 4.74 Å². The Bertz CT molecular complexity index is 908. The fourth-order valence-corrected chi connectivity index (χ4v) is 4.42. The molecule has 3 rings (SSSR count). The van der Waals surface area contributed by atoms with Crippen molar-refractivity contribution in [2.75, 3.05) is 5.32 Å². The third-order valence-electron chi connectivity index (χ3n) is 3.98. The second-order valence-electron chi connectivity index (χ2n) is 6.47. The number of nitrogens with zero attached hydrogens (tertiary/aromatic N) is 2. The molecule has 0 fully saturated rings. The Morgan fingerprint density at radius 3 is 2.54 bits per heavy atom. The fraction of sp³-hybridized carbons (Fsp3) is 0.286. The maximum atomic E-state index is 12.6. The highest BCUT2D eigenvalue weighted by atomic mass is 32.2. The highest BCUT2D eigenvalue weighted by molar-refractivity contribution is 8.00. The SMILES string of the molecule is CC[C@H](Oc1cc(C)cc(C)c1)C(=O)Nc1nnc(SCc2ccccc2)s1. The molecule has 0 bridgehead atoms. The zero-order chi connectivity index (χ0) is 19.9. The quantitative estimate of drug-likeness (QED) is 0.404. The number of hydrogen-bond donors (Lipinski definition) is 1. The van der Waals surface area contributed by atoms with E-state index in [4.69, 9.17) is 4.74 Å². The van der Waals surface area contributed by atoms with Crippen molar-refractivity contribution in [3.05, 3.63) is 65.2 Å². The Balaban J connectivity index is 1.57. The zero-order valence-electron chi connectivity index (χ0n) is 16.1. The van der Waals surface area contributed by atoms with Crippen molar-refractivity contribution in [1.82, 2.24) is 10.2 Å². The molecule has 0 radical (unpaired) electrons. The smallest absolute Gasteiger partial charge is 0.267 e. The second kappa shape index (κ2) is 9.71. The van der Waals surface area contributed by atoms with Gasteiger partial charge in [0.05, 0.1) is 0 Å². The van der Waals surface area contributed by atoms with Crippen LogP contribution in [0.15, 0.2) is 52.9 Å². The monoisotopic (exact) mass is 413 g/mol. The van der Waals surface area contributed by atoms with Gasteiger partial charge in [0.15, 0.2) is 10.4 Å². The lowest BCUT2D eigenvalue weighted by molar-refractivity contribution is -0.122. The van der Waals surface area contributed by atoms with Crippen molar-refractivity contribution >= 4 is 34.1 Å². The second-order valence-corrected chi connectivity index (χ2v) is 8.67. The van der Waals surface area contributed by atoms with Gasteiger partial charge in [0.1, 0.15) is 5.75 Å². The first-order valence-corrected chi connectivity index (χ1v) is 10.9. The van der Waals surface area contributed by atoms with E-state index in [1.54, 1.807) is 11.8 Å². The van der Waals surface area contributed by atoms with E-state index in [1.807, 2.05) is 51.1 Å². The number of amides is 1. The molecule has 3 aromatic rings. The molecule has 0 aliphatic rings. The number of thioether (sulfide) groups is 1. The van der Waals surface area contributed by atoms with E-state index in [1.165, 1.54) is 16.9 Å². The van der Waals surface area contributed by atoms with E-state index in [9.17, 15) is 4.79 Å². The normalized spacial score (nSPS) is 11.8. The first kappa shape index (κ1) is 20.4. The molecule has 0 unspecified atom stereocenters. The summed E-state index contributed by atoms with van der Waals surface area (Å²) in [5.41, 5.74) is 3.44. The number of anilines is 1. The molecule has 1 atom stereocenters. The van der Waals surface area contributed by atoms with E-state index >= 15 is 0 Å². The van der Waals surface area contributed by atoms with Crippen molar-refractivity contribution in [3.63, 3.8) is 0 Å². The molecular weight excluding hydrogens is 390 g/mol. The van der Waals surface area contributed by atoms with Gasteiger partial charge in [-0.2, -0.15) is 0 Å². The summed E-state index contributed by atoms with van der Waals surface area (Å²) >= 11 is 2.98. The summed E-state index contributed by atoms with van der Waals surface area (Å²) in [4.78, 5) is 12.6. The van der Waals surface area contributed by atoms with E-state index in [0.717, 1.165) is 21.2 Å². The number of hydrogen-bond acceptors (Lipinski definition) is 6. The Kier molecular flexibility index (Phi) is 7.06. The number of benzene rings is 2. The van der Waals surface area contributed by atoms with Gasteiger partial charge in [-0.05, 0) is 49.1 Å². The van der Waals surface area contributed by atoms with Crippen LogP contribution in [0.2, 0.25) is 0 Å². The number of carbonyl (C=O) groups is 1. The predicted octanol–water partition coefficient (Wildman–Crippen LogP) is 5.24. The molecule has 1 amide bonds. The van der Waals surface area contributed by atoms with Gasteiger partial charge in [0.2, 0.25) is 5.13 Å². The maximum absolute atomic E-state index is 12.6. The first-order valence-electron chi connectivity index (χ1n) is 9.09. The molecule has 0 aliphatic heterocycles. The average Bonchev–Trinajstić information content (AvgIpc) is 3.11. The molecular formula is C21H23N3O2S2. The van der Waals surface area contributed by atoms with Crippen LogP contribution in [-0.2, 0) is 10.5 Å². The standard InChI is InChI=1S/C21H23N3O2S2/c1-4-18(26-17-11-14(2)10-15(3)12-17)19(25)22-20-23-24-21(28-20)27-13-16-8-6-5-7-9-16/h5-12,18H,4,13H2,1-3H3,(H,22,23,25)/t18-/m0/s1. The van der Waals surface area contributed by atoms with Crippen molar-refractivity contribution in [3.8, 4) is 5.75 Å². The van der Waals surface area contributed by atoms with Crippen LogP contribution in [0.4, 0.5) is 5.13 Å². The summed E-state index contributed by atoms with van der Waals surface area (Å²) in [5.74, 6) is 1.31. The molecule has 146 valence electrons. The minimum Gasteiger partial charge on any atom is -0.481 e. The average molecular weight is 414 g/mol. The minimum absolute atomic E-state index is 0.211. The summed E-state index contributed by atoms with van der Waals surface area (Å²) in [6.07, 6.45) is -0.0155. The number of carbonyl (C=O) groups excluding carboxylic acids is 1. The zero-order valence-corrected chi connectivity index (χ0v) is 17.8. The molecule has 0 saturated heterocycles. The Hall–Kier alpha value is -2.38. The van der Waals surface area contributed by atoms with Crippen LogP contribution < -0.4 is 10.1 Å². The van der Waals surface area contributed by atoms with Crippen LogP contribution in [0.5, 0.6) is 5.75 Å². The number of ether oxygens (including phenoxy) is 1. The van der Waals surface area contributed by atoms with Gasteiger partial charge >= 0.3 is 0 Å². The summed E-state index contributed by atoms with van der Waals surface area (Å²) in [5, 5.41) is 11.6. The first-order chi connectivity index (χ1) is 13.5. The van der Waals surface area contributed by atoms with Gasteiger partial charge in [-0.25, -0.2) is 0 Å². The van der Waals surface area contributed by atoms with Crippen LogP contribution in [-0.4, -0.2) is 22.2 Å². The van der Waals surface area contributed by atoms with E-state index in [-0.39, 0.29) is 5.91 Å². The Morgan fingerprint density at radius 2 is 1.86 bits per heavy atom. The predicted molar refractivity (Wildman–Crippen MR) is 115 cm³/mol. The molecule has 0 saturated carbocycles. The molecule has 0 aliphatic carbocycles. The van der Waals surface area contributed by atoms with Crippen LogP contribution in [0.1, 0.15) is 30.0 Å². The third kappa shape index (κ3) is 5.81. The highest BCUT2D eigenvalue weighted by Crippen LogP contribution is 2.28. The molecule has 1 aromatic heterocycles. The number of aryl methyl sites for hydroxylation is 2. The Labute approximate surface area is 173 Å². The van der Waals surface area contributed by atoms with Crippen molar-refractivity contribution in [2.45, 2.75) is 43.4 Å². The minimum atomic E-state index is -0.578. The molecule has 5 nitrogen and oxygen atoms in total. The lowest BCUT2D eigenvalue weighted by Gasteiger charge is -2.17. The molecule has 7 heteroatoms. The van der Waals surface area contributed by atoms with E-state index in [2.05, 4.69) is 33.7 Å². The topological polar surface area (TPSA) is 64.1 Å². The van der Waals surface area contributed by atoms with Crippen molar-refractivity contribution < 1.29 is 9.53 Å². The fourth-order valence-electron chi connectivity index (χ4n) is 2.71. The lowest BCUT2D eigenvalue weighted by Crippen LogP contribution is -2.32. The highest BCUT2D eigenvalue weighted by Gasteiger charge is 2.20. The maximum Gasteiger partial charge on any atom is 0.267 e. The molecule has 0 spiro atoms. The van der Waals surface area contributed by atoms with Gasteiger partial charge in [-0.3, -0.25) is 10.1 Å². The number of rotatable bonds is 8. The molecule has 1 N–H and O–H groups in total. The summed E-state index contributed by atoms with van der Waals surface area (Å²) in [7, 11) is 0. The van der Waals surface area contributed by atoms with Crippen LogP contribution >= 0.6 is 23.1 Å². The van der Waals surface area contributed by atoms with Crippen LogP contribution in [0.25, 0.3) is 0 Å². The Morgan fingerprint density at radius 1 is 1.14 bits per heavy atom. The lowest BCUT2D eigenvalue weighted by atomic mass is 10.1. The van der Waals surface area contributed by atoms with Gasteiger partial charge in [-0.15, -0.1) is 10.2 Å². The van der Waals surface area contributed by atoms with Gasteiger partial charge in [0.25, 0.3) is 5.91 Å². The van der Waals surface area contributed by atoms with Gasteiger partial charge in [-0.1, -0.05) is 66.4 Å². The summed E-state index contributed by atoms with van der Waals surface area (Å²) < 4.78 is 6.73. The summed E-state index contributed by atoms with van der Waals surface area (Å²) in [6.45, 7) is 5.95. The van der Waals surface area contributed by atoms with Crippen LogP contribution in [0.3, 0.4) is 0 Å². The molecule has 2 aromatic carbocycles. The third-order valence-corrected chi connectivity index (χ3v) is 6.02. The van der Waals surface area contributed by atoms with Crippen molar-refractivity contribution in [1.29, 1.82) is 0 Å². The largest absolute Gasteiger partial charge is 0.481 e. The van der Waals surface area contributed by atoms with Gasteiger partial charge in [0, 0.05) is 5.75 Å². The van der Waals surface area contributed by atoms with E-state index in [0.29, 0.717) is 17.3 Å². The molecule has 1 heterocycles. The summed E-state index contributed by atoms with van der Waals surface area (Å²) in [6, 6.07) is 16.1.